The largest absolute Gasteiger partial charge is 0.444 e. The summed E-state index contributed by atoms with van der Waals surface area (Å²) in [5, 5.41) is 7.01. The average molecular weight is 436 g/mol. The number of piperidine rings is 1. The van der Waals surface area contributed by atoms with Gasteiger partial charge in [0.15, 0.2) is 0 Å². The molecule has 2 aliphatic rings. The molecule has 3 N–H and O–H groups in total. The van der Waals surface area contributed by atoms with E-state index in [2.05, 4.69) is 17.3 Å². The van der Waals surface area contributed by atoms with E-state index in [1.165, 1.54) is 0 Å². The van der Waals surface area contributed by atoms with Crippen LogP contribution in [0.2, 0.25) is 0 Å². The van der Waals surface area contributed by atoms with E-state index in [1.54, 1.807) is 31.6 Å². The smallest absolute Gasteiger partial charge is 0.411 e. The fourth-order valence-corrected chi connectivity index (χ4v) is 4.02. The minimum absolute atomic E-state index is 0.0590. The maximum absolute atomic E-state index is 12.8. The van der Waals surface area contributed by atoms with Crippen molar-refractivity contribution in [3.05, 3.63) is 11.8 Å². The Hall–Kier alpha value is -2.78. The summed E-state index contributed by atoms with van der Waals surface area (Å²) >= 11 is 0. The minimum atomic E-state index is -0.974. The molecule has 0 unspecified atom stereocenters. The molecule has 1 aromatic rings. The quantitative estimate of drug-likeness (QED) is 0.732. The van der Waals surface area contributed by atoms with Crippen LogP contribution in [0.15, 0.2) is 6.20 Å². The van der Waals surface area contributed by atoms with Crippen molar-refractivity contribution < 1.29 is 23.9 Å². The zero-order valence-corrected chi connectivity index (χ0v) is 18.8. The predicted molar refractivity (Wildman–Crippen MR) is 112 cm³/mol. The number of likely N-dealkylation sites (tertiary alicyclic amines) is 1. The van der Waals surface area contributed by atoms with Gasteiger partial charge in [-0.1, -0.05) is 13.3 Å². The molecule has 3 rings (SSSR count). The monoisotopic (exact) mass is 435 g/mol. The lowest BCUT2D eigenvalue weighted by Crippen LogP contribution is -2.49. The van der Waals surface area contributed by atoms with Crippen LogP contribution in [0.1, 0.15) is 71.4 Å². The first kappa shape index (κ1) is 22.9. The van der Waals surface area contributed by atoms with Gasteiger partial charge in [0.05, 0.1) is 18.2 Å². The Morgan fingerprint density at radius 2 is 1.90 bits per heavy atom. The van der Waals surface area contributed by atoms with Crippen LogP contribution in [0, 0.1) is 5.41 Å². The van der Waals surface area contributed by atoms with E-state index >= 15 is 0 Å². The number of primary amides is 1. The zero-order chi connectivity index (χ0) is 22.8. The summed E-state index contributed by atoms with van der Waals surface area (Å²) in [4.78, 5) is 37.9. The summed E-state index contributed by atoms with van der Waals surface area (Å²) < 4.78 is 12.0. The normalized spacial score (nSPS) is 18.8. The highest BCUT2D eigenvalue weighted by Crippen LogP contribution is 2.42. The first-order valence-electron chi connectivity index (χ1n) is 10.8. The third-order valence-corrected chi connectivity index (χ3v) is 5.89. The fourth-order valence-electron chi connectivity index (χ4n) is 4.02. The Morgan fingerprint density at radius 3 is 2.42 bits per heavy atom. The van der Waals surface area contributed by atoms with E-state index in [0.29, 0.717) is 18.7 Å². The lowest BCUT2D eigenvalue weighted by molar-refractivity contribution is -0.147. The Morgan fingerprint density at radius 1 is 1.26 bits per heavy atom. The van der Waals surface area contributed by atoms with E-state index in [-0.39, 0.29) is 29.8 Å². The molecular formula is C21H33N5O5. The number of hydrogen-bond acceptors (Lipinski definition) is 6. The summed E-state index contributed by atoms with van der Waals surface area (Å²) in [6.07, 6.45) is 4.73. The van der Waals surface area contributed by atoms with Crippen molar-refractivity contribution in [3.8, 4) is 5.88 Å². The van der Waals surface area contributed by atoms with Crippen LogP contribution in [0.5, 0.6) is 5.88 Å². The molecule has 1 saturated heterocycles. The number of alkyl carbamates (subject to hydrolysis) is 1. The number of hydrogen-bond donors (Lipinski definition) is 2. The Balaban J connectivity index is 1.63. The van der Waals surface area contributed by atoms with Gasteiger partial charge in [0.25, 0.3) is 0 Å². The number of nitrogens with two attached hydrogens (primary N) is 1. The van der Waals surface area contributed by atoms with Gasteiger partial charge in [0.1, 0.15) is 5.60 Å². The number of nitrogens with one attached hydrogen (secondary N) is 1. The summed E-state index contributed by atoms with van der Waals surface area (Å²) in [6.45, 7) is 8.77. The Bertz CT molecular complexity index is 832. The van der Waals surface area contributed by atoms with Crippen molar-refractivity contribution in [1.29, 1.82) is 0 Å². The van der Waals surface area contributed by atoms with Crippen molar-refractivity contribution in [2.45, 2.75) is 78.0 Å². The van der Waals surface area contributed by atoms with Gasteiger partial charge in [-0.15, -0.1) is 5.10 Å². The van der Waals surface area contributed by atoms with Crippen LogP contribution in [-0.4, -0.2) is 51.5 Å². The van der Waals surface area contributed by atoms with Crippen LogP contribution in [0.3, 0.4) is 0 Å². The number of carbonyl (C=O) groups excluding carboxylic acids is 3. The van der Waals surface area contributed by atoms with Gasteiger partial charge in [-0.2, -0.15) is 0 Å². The molecule has 1 aliphatic heterocycles. The lowest BCUT2D eigenvalue weighted by atomic mass is 9.69. The number of nitrogens with zero attached hydrogens (tertiary/aromatic N) is 3. The Kier molecular flexibility index (Phi) is 6.47. The molecule has 10 heteroatoms. The van der Waals surface area contributed by atoms with Gasteiger partial charge in [0, 0.05) is 24.7 Å². The number of amides is 3. The summed E-state index contributed by atoms with van der Waals surface area (Å²) in [7, 11) is 0. The van der Waals surface area contributed by atoms with Crippen molar-refractivity contribution in [2.75, 3.05) is 13.1 Å². The molecular weight excluding hydrogens is 402 g/mol. The molecule has 1 aromatic heterocycles. The van der Waals surface area contributed by atoms with E-state index in [1.807, 2.05) is 4.90 Å². The summed E-state index contributed by atoms with van der Waals surface area (Å²) in [5.41, 5.74) is 4.87. The first-order chi connectivity index (χ1) is 14.5. The topological polar surface area (TPSA) is 129 Å². The molecule has 0 radical (unpaired) electrons. The molecule has 0 bridgehead atoms. The fraction of sp³-hybridized carbons (Fsp3) is 0.714. The number of rotatable bonds is 5. The molecule has 0 aromatic carbocycles. The third-order valence-electron chi connectivity index (χ3n) is 5.89. The van der Waals surface area contributed by atoms with Gasteiger partial charge < -0.3 is 25.4 Å². The highest BCUT2D eigenvalue weighted by Gasteiger charge is 2.42. The highest BCUT2D eigenvalue weighted by molar-refractivity contribution is 5.83. The van der Waals surface area contributed by atoms with Gasteiger partial charge in [-0.05, 0) is 46.5 Å². The minimum Gasteiger partial charge on any atom is -0.444 e. The second-order valence-electron chi connectivity index (χ2n) is 9.65. The van der Waals surface area contributed by atoms with Gasteiger partial charge in [0.2, 0.25) is 11.8 Å². The first-order valence-corrected chi connectivity index (χ1v) is 10.8. The maximum Gasteiger partial charge on any atom is 0.411 e. The molecule has 1 saturated carbocycles. The number of ether oxygens (including phenoxy) is 2. The van der Waals surface area contributed by atoms with Crippen LogP contribution in [0.25, 0.3) is 0 Å². The molecule has 2 heterocycles. The second kappa shape index (κ2) is 8.76. The number of carbonyl (C=O) groups is 3. The molecule has 0 spiro atoms. The van der Waals surface area contributed by atoms with Crippen molar-refractivity contribution in [1.82, 2.24) is 20.0 Å². The van der Waals surface area contributed by atoms with E-state index in [4.69, 9.17) is 15.2 Å². The van der Waals surface area contributed by atoms with E-state index in [0.717, 1.165) is 32.1 Å². The SMILES string of the molecule is CC(C)(C)OC(=O)NCc1cn(C2CCN(C(=O)C3(C)CCC3)CC2)nc1OC(N)=O. The summed E-state index contributed by atoms with van der Waals surface area (Å²) in [5.74, 6) is 0.307. The second-order valence-corrected chi connectivity index (χ2v) is 9.65. The van der Waals surface area contributed by atoms with E-state index in [9.17, 15) is 14.4 Å². The van der Waals surface area contributed by atoms with Crippen molar-refractivity contribution in [3.63, 3.8) is 0 Å². The van der Waals surface area contributed by atoms with E-state index < -0.39 is 17.8 Å². The molecule has 0 atom stereocenters. The van der Waals surface area contributed by atoms with Crippen LogP contribution in [-0.2, 0) is 16.1 Å². The average Bonchev–Trinajstić information content (AvgIpc) is 3.04. The molecule has 2 fully saturated rings. The third kappa shape index (κ3) is 5.68. The lowest BCUT2D eigenvalue weighted by Gasteiger charge is -2.43. The zero-order valence-electron chi connectivity index (χ0n) is 18.8. The van der Waals surface area contributed by atoms with Crippen LogP contribution >= 0.6 is 0 Å². The molecule has 31 heavy (non-hydrogen) atoms. The van der Waals surface area contributed by atoms with Gasteiger partial charge in [-0.25, -0.2) is 9.59 Å². The van der Waals surface area contributed by atoms with Gasteiger partial charge in [-0.3, -0.25) is 9.48 Å². The molecule has 10 nitrogen and oxygen atoms in total. The standard InChI is InChI=1S/C21H33N5O5/c1-20(2,3)31-19(29)23-12-14-13-26(24-16(14)30-18(22)28)15-6-10-25(11-7-15)17(27)21(4)8-5-9-21/h13,15H,5-12H2,1-4H3,(H2,22,28)(H,23,29). The van der Waals surface area contributed by atoms with Gasteiger partial charge >= 0.3 is 12.2 Å². The van der Waals surface area contributed by atoms with Crippen molar-refractivity contribution >= 4 is 18.1 Å². The van der Waals surface area contributed by atoms with Crippen molar-refractivity contribution in [2.24, 2.45) is 11.1 Å². The highest BCUT2D eigenvalue weighted by atomic mass is 16.6. The molecule has 3 amide bonds. The van der Waals surface area contributed by atoms with Crippen LogP contribution < -0.4 is 15.8 Å². The Labute approximate surface area is 182 Å². The molecule has 1 aliphatic carbocycles. The maximum atomic E-state index is 12.8. The summed E-state index contributed by atoms with van der Waals surface area (Å²) in [6, 6.07) is 0.0590. The van der Waals surface area contributed by atoms with Crippen LogP contribution in [0.4, 0.5) is 9.59 Å². The predicted octanol–water partition coefficient (Wildman–Crippen LogP) is 2.72. The number of aromatic nitrogens is 2. The molecule has 172 valence electrons.